The first kappa shape index (κ1) is 17.2. The molecule has 1 aromatic carbocycles. The van der Waals surface area contributed by atoms with Crippen molar-refractivity contribution < 1.29 is 23.1 Å². The molecule has 1 heterocycles. The van der Waals surface area contributed by atoms with Crippen LogP contribution < -0.4 is 15.6 Å². The molecule has 23 heavy (non-hydrogen) atoms. The van der Waals surface area contributed by atoms with Crippen LogP contribution in [0.25, 0.3) is 11.1 Å². The van der Waals surface area contributed by atoms with E-state index in [-0.39, 0.29) is 5.56 Å². The van der Waals surface area contributed by atoms with Crippen molar-refractivity contribution >= 4 is 16.2 Å². The van der Waals surface area contributed by atoms with Gasteiger partial charge in [-0.15, -0.1) is 0 Å². The number of aromatic nitrogens is 1. The SMILES string of the molecule is CNCOCc1ccc(-c2ccn(S(N)(=O)=O)c2C(=O)[O-])cc1. The van der Waals surface area contributed by atoms with Gasteiger partial charge in [-0.1, -0.05) is 24.3 Å². The largest absolute Gasteiger partial charge is 0.543 e. The molecule has 0 radical (unpaired) electrons. The lowest BCUT2D eigenvalue weighted by atomic mass is 10.0. The molecule has 0 aliphatic rings. The molecule has 0 aliphatic heterocycles. The summed E-state index contributed by atoms with van der Waals surface area (Å²) in [6.45, 7) is 0.806. The summed E-state index contributed by atoms with van der Waals surface area (Å²) in [5.41, 5.74) is 1.13. The molecule has 0 unspecified atom stereocenters. The van der Waals surface area contributed by atoms with Crippen molar-refractivity contribution in [2.75, 3.05) is 13.8 Å². The Morgan fingerprint density at radius 3 is 2.48 bits per heavy atom. The Morgan fingerprint density at radius 1 is 1.30 bits per heavy atom. The van der Waals surface area contributed by atoms with E-state index in [1.54, 1.807) is 31.3 Å². The maximum atomic E-state index is 11.4. The second-order valence-corrected chi connectivity index (χ2v) is 6.17. The summed E-state index contributed by atoms with van der Waals surface area (Å²) < 4.78 is 28.7. The third-order valence-corrected chi connectivity index (χ3v) is 3.95. The molecule has 0 fully saturated rings. The molecule has 2 rings (SSSR count). The standard InChI is InChI=1S/C14H17N3O5S/c1-16-9-22-8-10-2-4-11(5-3-10)12-6-7-17(23(15,20)21)13(12)14(18)19/h2-7,16H,8-9H2,1H3,(H,18,19)(H2,15,20,21)/p-1. The zero-order chi connectivity index (χ0) is 17.0. The minimum Gasteiger partial charge on any atom is -0.543 e. The summed E-state index contributed by atoms with van der Waals surface area (Å²) in [5.74, 6) is -1.62. The summed E-state index contributed by atoms with van der Waals surface area (Å²) >= 11 is 0. The fourth-order valence-electron chi connectivity index (χ4n) is 2.11. The van der Waals surface area contributed by atoms with Gasteiger partial charge in [0.2, 0.25) is 0 Å². The zero-order valence-electron chi connectivity index (χ0n) is 12.4. The van der Waals surface area contributed by atoms with E-state index in [1.807, 2.05) is 0 Å². The molecule has 2 aromatic rings. The van der Waals surface area contributed by atoms with Crippen molar-refractivity contribution in [2.24, 2.45) is 5.14 Å². The van der Waals surface area contributed by atoms with Gasteiger partial charge in [0, 0.05) is 11.8 Å². The lowest BCUT2D eigenvalue weighted by Gasteiger charge is -2.11. The molecule has 0 aliphatic carbocycles. The number of rotatable bonds is 7. The molecule has 8 nitrogen and oxygen atoms in total. The first-order valence-corrected chi connectivity index (χ1v) is 8.12. The number of ether oxygens (including phenoxy) is 1. The number of benzene rings is 1. The Bertz CT molecular complexity index is 796. The average molecular weight is 338 g/mol. The van der Waals surface area contributed by atoms with Gasteiger partial charge < -0.3 is 14.6 Å². The Kier molecular flexibility index (Phi) is 5.16. The Balaban J connectivity index is 2.35. The number of nitrogens with zero attached hydrogens (tertiary/aromatic N) is 1. The first-order chi connectivity index (χ1) is 10.8. The summed E-state index contributed by atoms with van der Waals surface area (Å²) in [6.07, 6.45) is 1.08. The number of carboxylic acids is 1. The van der Waals surface area contributed by atoms with Crippen LogP contribution in [0.2, 0.25) is 0 Å². The molecule has 3 N–H and O–H groups in total. The normalized spacial score (nSPS) is 11.6. The fraction of sp³-hybridized carbons (Fsp3) is 0.214. The second kappa shape index (κ2) is 6.92. The molecule has 0 atom stereocenters. The highest BCUT2D eigenvalue weighted by atomic mass is 32.2. The van der Waals surface area contributed by atoms with Crippen molar-refractivity contribution in [2.45, 2.75) is 6.61 Å². The smallest absolute Gasteiger partial charge is 0.302 e. The van der Waals surface area contributed by atoms with Gasteiger partial charge in [0.15, 0.2) is 0 Å². The van der Waals surface area contributed by atoms with Gasteiger partial charge in [-0.05, 0) is 24.2 Å². The molecule has 0 amide bonds. The highest BCUT2D eigenvalue weighted by Gasteiger charge is 2.18. The minimum absolute atomic E-state index is 0.210. The predicted octanol–water partition coefficient (Wildman–Crippen LogP) is -0.736. The molecule has 0 spiro atoms. The molecule has 1 aromatic heterocycles. The van der Waals surface area contributed by atoms with E-state index >= 15 is 0 Å². The highest BCUT2D eigenvalue weighted by molar-refractivity contribution is 7.87. The number of hydrogen-bond donors (Lipinski definition) is 2. The summed E-state index contributed by atoms with van der Waals surface area (Å²) in [6, 6.07) is 8.24. The summed E-state index contributed by atoms with van der Waals surface area (Å²) in [7, 11) is -2.46. The number of nitrogens with one attached hydrogen (secondary N) is 1. The van der Waals surface area contributed by atoms with Crippen molar-refractivity contribution in [3.05, 3.63) is 47.8 Å². The van der Waals surface area contributed by atoms with Gasteiger partial charge in [-0.3, -0.25) is 5.32 Å². The lowest BCUT2D eigenvalue weighted by Crippen LogP contribution is -2.31. The molecule has 0 saturated heterocycles. The van der Waals surface area contributed by atoms with Crippen LogP contribution in [-0.2, 0) is 21.6 Å². The van der Waals surface area contributed by atoms with Gasteiger partial charge in [-0.25, -0.2) is 9.11 Å². The van der Waals surface area contributed by atoms with Crippen LogP contribution >= 0.6 is 0 Å². The van der Waals surface area contributed by atoms with E-state index in [0.717, 1.165) is 11.8 Å². The topological polar surface area (TPSA) is 126 Å². The molecule has 124 valence electrons. The third-order valence-electron chi connectivity index (χ3n) is 3.10. The van der Waals surface area contributed by atoms with E-state index in [2.05, 4.69) is 5.32 Å². The number of carbonyl (C=O) groups excluding carboxylic acids is 1. The fourth-order valence-corrected chi connectivity index (χ4v) is 2.77. The predicted molar refractivity (Wildman–Crippen MR) is 81.4 cm³/mol. The second-order valence-electron chi connectivity index (χ2n) is 4.75. The van der Waals surface area contributed by atoms with Gasteiger partial charge in [0.05, 0.1) is 25.0 Å². The van der Waals surface area contributed by atoms with Crippen molar-refractivity contribution in [3.63, 3.8) is 0 Å². The van der Waals surface area contributed by atoms with Crippen LogP contribution in [0, 0.1) is 0 Å². The van der Waals surface area contributed by atoms with Crippen LogP contribution in [0.4, 0.5) is 0 Å². The quantitative estimate of drug-likeness (QED) is 0.506. The van der Waals surface area contributed by atoms with Crippen LogP contribution in [-0.4, -0.2) is 32.1 Å². The number of carbonyl (C=O) groups is 1. The van der Waals surface area contributed by atoms with Crippen molar-refractivity contribution in [1.29, 1.82) is 0 Å². The number of aromatic carboxylic acids is 1. The van der Waals surface area contributed by atoms with E-state index in [1.165, 1.54) is 6.07 Å². The van der Waals surface area contributed by atoms with E-state index in [0.29, 0.717) is 22.9 Å². The third kappa shape index (κ3) is 3.96. The molecular weight excluding hydrogens is 322 g/mol. The van der Waals surface area contributed by atoms with E-state index in [9.17, 15) is 18.3 Å². The molecule has 0 bridgehead atoms. The lowest BCUT2D eigenvalue weighted by molar-refractivity contribution is -0.255. The number of carboxylic acid groups (broad SMARTS) is 1. The van der Waals surface area contributed by atoms with Gasteiger partial charge in [-0.2, -0.15) is 8.42 Å². The molecular formula is C14H16N3O5S-. The average Bonchev–Trinajstić information content (AvgIpc) is 2.93. The van der Waals surface area contributed by atoms with E-state index in [4.69, 9.17) is 9.88 Å². The Labute approximate surface area is 133 Å². The maximum Gasteiger partial charge on any atom is 0.302 e. The number of nitrogens with two attached hydrogens (primary N) is 1. The Hall–Kier alpha value is -2.20. The van der Waals surface area contributed by atoms with Gasteiger partial charge in [0.1, 0.15) is 0 Å². The highest BCUT2D eigenvalue weighted by Crippen LogP contribution is 2.25. The van der Waals surface area contributed by atoms with Crippen LogP contribution in [0.1, 0.15) is 16.1 Å². The van der Waals surface area contributed by atoms with Crippen LogP contribution in [0.5, 0.6) is 0 Å². The van der Waals surface area contributed by atoms with Crippen LogP contribution in [0.3, 0.4) is 0 Å². The summed E-state index contributed by atoms with van der Waals surface area (Å²) in [5, 5.41) is 19.1. The Morgan fingerprint density at radius 2 is 1.96 bits per heavy atom. The van der Waals surface area contributed by atoms with Crippen molar-refractivity contribution in [1.82, 2.24) is 9.29 Å². The minimum atomic E-state index is -4.22. The number of hydrogen-bond acceptors (Lipinski definition) is 6. The van der Waals surface area contributed by atoms with Crippen LogP contribution in [0.15, 0.2) is 36.5 Å². The van der Waals surface area contributed by atoms with Gasteiger partial charge >= 0.3 is 10.2 Å². The monoisotopic (exact) mass is 338 g/mol. The summed E-state index contributed by atoms with van der Waals surface area (Å²) in [4.78, 5) is 11.3. The van der Waals surface area contributed by atoms with E-state index < -0.39 is 21.9 Å². The molecule has 9 heteroatoms. The molecule has 0 saturated carbocycles. The van der Waals surface area contributed by atoms with Crippen molar-refractivity contribution in [3.8, 4) is 11.1 Å². The van der Waals surface area contributed by atoms with Gasteiger partial charge in [0.25, 0.3) is 0 Å². The zero-order valence-corrected chi connectivity index (χ0v) is 13.2. The first-order valence-electron chi connectivity index (χ1n) is 6.62. The maximum absolute atomic E-state index is 11.4.